The molecule has 0 saturated heterocycles. The molecule has 0 radical (unpaired) electrons. The van der Waals surface area contributed by atoms with E-state index in [1.807, 2.05) is 0 Å². The Morgan fingerprint density at radius 2 is 2.12 bits per heavy atom. The molecule has 1 heterocycles. The Morgan fingerprint density at radius 3 is 2.59 bits per heavy atom. The number of nitrogens with one attached hydrogen (secondary N) is 1. The quantitative estimate of drug-likeness (QED) is 0.820. The first-order valence-electron chi connectivity index (χ1n) is 6.65. The summed E-state index contributed by atoms with van der Waals surface area (Å²) in [6.45, 7) is 7.93. The molecule has 1 aromatic rings. The highest BCUT2D eigenvalue weighted by Gasteiger charge is 2.52. The van der Waals surface area contributed by atoms with Gasteiger partial charge in [-0.2, -0.15) is 0 Å². The van der Waals surface area contributed by atoms with Crippen LogP contribution in [0.1, 0.15) is 51.5 Å². The first kappa shape index (κ1) is 13.4. The smallest absolute Gasteiger partial charge is 0.0931 e. The van der Waals surface area contributed by atoms with Crippen molar-refractivity contribution in [1.29, 1.82) is 0 Å². The van der Waals surface area contributed by atoms with Gasteiger partial charge in [0.25, 0.3) is 0 Å². The van der Waals surface area contributed by atoms with Crippen LogP contribution in [0.15, 0.2) is 11.4 Å². The minimum absolute atomic E-state index is 0.445. The summed E-state index contributed by atoms with van der Waals surface area (Å²) in [6, 6.07) is 2.85. The Hall–Kier alpha value is -0.0500. The van der Waals surface area contributed by atoms with Gasteiger partial charge in [-0.3, -0.25) is 0 Å². The van der Waals surface area contributed by atoms with Crippen LogP contribution in [0.3, 0.4) is 0 Å². The van der Waals surface area contributed by atoms with Gasteiger partial charge in [-0.1, -0.05) is 32.4 Å². The molecule has 2 rings (SSSR count). The molecule has 1 saturated carbocycles. The Balaban J connectivity index is 2.20. The predicted molar refractivity (Wildman–Crippen MR) is 77.2 cm³/mol. The lowest BCUT2D eigenvalue weighted by Crippen LogP contribution is -2.57. The molecule has 0 aromatic carbocycles. The van der Waals surface area contributed by atoms with Crippen molar-refractivity contribution in [1.82, 2.24) is 5.32 Å². The van der Waals surface area contributed by atoms with E-state index in [1.54, 1.807) is 11.3 Å². The topological polar surface area (TPSA) is 12.0 Å². The number of halogens is 1. The number of hydrogen-bond donors (Lipinski definition) is 1. The van der Waals surface area contributed by atoms with Gasteiger partial charge in [-0.05, 0) is 54.1 Å². The van der Waals surface area contributed by atoms with Crippen molar-refractivity contribution < 1.29 is 0 Å². The molecule has 1 aliphatic rings. The minimum atomic E-state index is 0.445. The van der Waals surface area contributed by atoms with Crippen molar-refractivity contribution in [2.75, 3.05) is 6.54 Å². The van der Waals surface area contributed by atoms with Crippen molar-refractivity contribution in [2.45, 2.75) is 52.0 Å². The summed E-state index contributed by atoms with van der Waals surface area (Å²) in [5, 5.41) is 5.90. The second-order valence-electron chi connectivity index (χ2n) is 5.02. The summed E-state index contributed by atoms with van der Waals surface area (Å²) < 4.78 is 0.924. The van der Waals surface area contributed by atoms with E-state index in [0.717, 1.165) is 10.9 Å². The van der Waals surface area contributed by atoms with Crippen LogP contribution in [0.25, 0.3) is 0 Å². The third-order valence-electron chi connectivity index (χ3n) is 4.62. The first-order chi connectivity index (χ1) is 8.17. The standard InChI is InChI=1S/C14H22ClNS/c1-4-14(5-2)11(8-12(14)16-6-3)10-7-13(15)17-9-10/h7,9,11-12,16H,4-6,8H2,1-3H3. The molecular weight excluding hydrogens is 250 g/mol. The van der Waals surface area contributed by atoms with Gasteiger partial charge in [0.2, 0.25) is 0 Å². The number of thiophene rings is 1. The fourth-order valence-electron chi connectivity index (χ4n) is 3.53. The maximum Gasteiger partial charge on any atom is 0.0931 e. The predicted octanol–water partition coefficient (Wildman–Crippen LogP) is 4.67. The third-order valence-corrected chi connectivity index (χ3v) is 5.73. The Labute approximate surface area is 114 Å². The van der Waals surface area contributed by atoms with Gasteiger partial charge in [0.05, 0.1) is 4.34 Å². The molecule has 1 nitrogen and oxygen atoms in total. The van der Waals surface area contributed by atoms with Gasteiger partial charge in [0, 0.05) is 6.04 Å². The van der Waals surface area contributed by atoms with Crippen LogP contribution in [0.5, 0.6) is 0 Å². The van der Waals surface area contributed by atoms with Crippen LogP contribution < -0.4 is 5.32 Å². The molecule has 1 aromatic heterocycles. The molecule has 1 fully saturated rings. The molecule has 0 amide bonds. The minimum Gasteiger partial charge on any atom is -0.314 e. The van der Waals surface area contributed by atoms with E-state index in [0.29, 0.717) is 17.4 Å². The van der Waals surface area contributed by atoms with Crippen LogP contribution in [-0.2, 0) is 0 Å². The van der Waals surface area contributed by atoms with E-state index in [-0.39, 0.29) is 0 Å². The van der Waals surface area contributed by atoms with Gasteiger partial charge in [-0.25, -0.2) is 0 Å². The lowest BCUT2D eigenvalue weighted by atomic mass is 9.52. The van der Waals surface area contributed by atoms with Gasteiger partial charge in [0.1, 0.15) is 0 Å². The number of hydrogen-bond acceptors (Lipinski definition) is 2. The van der Waals surface area contributed by atoms with Crippen LogP contribution in [0, 0.1) is 5.41 Å². The van der Waals surface area contributed by atoms with E-state index in [4.69, 9.17) is 11.6 Å². The van der Waals surface area contributed by atoms with Crippen molar-refractivity contribution >= 4 is 22.9 Å². The lowest BCUT2D eigenvalue weighted by molar-refractivity contribution is 0.0212. The molecule has 0 aliphatic heterocycles. The van der Waals surface area contributed by atoms with Crippen molar-refractivity contribution in [2.24, 2.45) is 5.41 Å². The average Bonchev–Trinajstić information content (AvgIpc) is 2.72. The van der Waals surface area contributed by atoms with Gasteiger partial charge < -0.3 is 5.32 Å². The summed E-state index contributed by atoms with van der Waals surface area (Å²) in [5.74, 6) is 0.699. The van der Waals surface area contributed by atoms with E-state index in [1.165, 1.54) is 24.8 Å². The molecule has 0 spiro atoms. The largest absolute Gasteiger partial charge is 0.314 e. The van der Waals surface area contributed by atoms with Crippen LogP contribution in [-0.4, -0.2) is 12.6 Å². The molecule has 2 atom stereocenters. The Morgan fingerprint density at radius 1 is 1.41 bits per heavy atom. The normalized spacial score (nSPS) is 26.8. The fraction of sp³-hybridized carbons (Fsp3) is 0.714. The zero-order valence-electron chi connectivity index (χ0n) is 10.9. The molecule has 1 aliphatic carbocycles. The van der Waals surface area contributed by atoms with Crippen molar-refractivity contribution in [3.8, 4) is 0 Å². The van der Waals surface area contributed by atoms with Gasteiger partial charge >= 0.3 is 0 Å². The van der Waals surface area contributed by atoms with Crippen LogP contribution in [0.4, 0.5) is 0 Å². The summed E-state index contributed by atoms with van der Waals surface area (Å²) >= 11 is 7.73. The zero-order valence-corrected chi connectivity index (χ0v) is 12.5. The molecule has 96 valence electrons. The fourth-order valence-corrected chi connectivity index (χ4v) is 4.47. The lowest BCUT2D eigenvalue weighted by Gasteiger charge is -2.56. The van der Waals surface area contributed by atoms with Crippen molar-refractivity contribution in [3.63, 3.8) is 0 Å². The molecule has 1 N–H and O–H groups in total. The van der Waals surface area contributed by atoms with Gasteiger partial charge in [-0.15, -0.1) is 11.3 Å². The Bertz CT molecular complexity index is 370. The van der Waals surface area contributed by atoms with Crippen LogP contribution in [0.2, 0.25) is 4.34 Å². The summed E-state index contributed by atoms with van der Waals surface area (Å²) in [7, 11) is 0. The molecule has 17 heavy (non-hydrogen) atoms. The summed E-state index contributed by atoms with van der Waals surface area (Å²) in [5.41, 5.74) is 1.90. The first-order valence-corrected chi connectivity index (χ1v) is 7.91. The van der Waals surface area contributed by atoms with E-state index < -0.39 is 0 Å². The van der Waals surface area contributed by atoms with Crippen LogP contribution >= 0.6 is 22.9 Å². The Kier molecular flexibility index (Phi) is 4.17. The zero-order chi connectivity index (χ0) is 12.5. The van der Waals surface area contributed by atoms with E-state index >= 15 is 0 Å². The molecule has 3 heteroatoms. The third kappa shape index (κ3) is 2.16. The van der Waals surface area contributed by atoms with Gasteiger partial charge in [0.15, 0.2) is 0 Å². The summed E-state index contributed by atoms with van der Waals surface area (Å²) in [6.07, 6.45) is 3.77. The average molecular weight is 272 g/mol. The van der Waals surface area contributed by atoms with E-state index in [9.17, 15) is 0 Å². The van der Waals surface area contributed by atoms with Crippen molar-refractivity contribution in [3.05, 3.63) is 21.3 Å². The highest BCUT2D eigenvalue weighted by molar-refractivity contribution is 7.14. The highest BCUT2D eigenvalue weighted by Crippen LogP contribution is 2.57. The maximum atomic E-state index is 6.07. The SMILES string of the molecule is CCNC1CC(c2csc(Cl)c2)C1(CC)CC. The second kappa shape index (κ2) is 5.29. The molecular formula is C14H22ClNS. The highest BCUT2D eigenvalue weighted by atomic mass is 35.5. The number of rotatable bonds is 5. The maximum absolute atomic E-state index is 6.07. The molecule has 2 unspecified atom stereocenters. The monoisotopic (exact) mass is 271 g/mol. The second-order valence-corrected chi connectivity index (χ2v) is 6.57. The summed E-state index contributed by atoms with van der Waals surface area (Å²) in [4.78, 5) is 0. The van der Waals surface area contributed by atoms with E-state index in [2.05, 4.69) is 37.5 Å². The molecule has 0 bridgehead atoms.